The Balaban J connectivity index is 2.36. The fourth-order valence-electron chi connectivity index (χ4n) is 3.87. The molecule has 1 fully saturated rings. The summed E-state index contributed by atoms with van der Waals surface area (Å²) in [5.74, 6) is -1.59. The molecule has 0 saturated carbocycles. The van der Waals surface area contributed by atoms with Gasteiger partial charge in [0.05, 0.1) is 15.8 Å². The SMILES string of the molecule is COC1(OC)C2(Cl)C(Cl)=C(Cl)C1(Cl)P(c1ccccc1)C2N(C)C. The van der Waals surface area contributed by atoms with Crippen LogP contribution in [0.2, 0.25) is 0 Å². The van der Waals surface area contributed by atoms with E-state index in [9.17, 15) is 0 Å². The van der Waals surface area contributed by atoms with Crippen molar-refractivity contribution in [2.75, 3.05) is 28.3 Å². The van der Waals surface area contributed by atoms with Gasteiger partial charge in [-0.05, 0) is 27.3 Å². The molecule has 2 bridgehead atoms. The zero-order valence-electron chi connectivity index (χ0n) is 13.7. The van der Waals surface area contributed by atoms with Crippen molar-refractivity contribution in [2.45, 2.75) is 21.1 Å². The van der Waals surface area contributed by atoms with Gasteiger partial charge < -0.3 is 14.4 Å². The van der Waals surface area contributed by atoms with Gasteiger partial charge in [0, 0.05) is 14.2 Å². The number of hydrogen-bond acceptors (Lipinski definition) is 3. The molecule has 1 heterocycles. The van der Waals surface area contributed by atoms with Gasteiger partial charge in [-0.3, -0.25) is 0 Å². The summed E-state index contributed by atoms with van der Waals surface area (Å²) in [7, 11) is 5.82. The van der Waals surface area contributed by atoms with Crippen LogP contribution in [0.1, 0.15) is 0 Å². The van der Waals surface area contributed by atoms with Crippen LogP contribution in [-0.2, 0) is 9.47 Å². The molecule has 24 heavy (non-hydrogen) atoms. The summed E-state index contributed by atoms with van der Waals surface area (Å²) < 4.78 is 10.4. The first-order valence-electron chi connectivity index (χ1n) is 7.29. The van der Waals surface area contributed by atoms with E-state index in [1.807, 2.05) is 49.3 Å². The third kappa shape index (κ3) is 1.96. The van der Waals surface area contributed by atoms with E-state index in [1.54, 1.807) is 0 Å². The lowest BCUT2D eigenvalue weighted by molar-refractivity contribution is -0.215. The van der Waals surface area contributed by atoms with Crippen LogP contribution in [0.5, 0.6) is 0 Å². The predicted octanol–water partition coefficient (Wildman–Crippen LogP) is 4.30. The monoisotopic (exact) mass is 427 g/mol. The van der Waals surface area contributed by atoms with Crippen molar-refractivity contribution < 1.29 is 9.47 Å². The quantitative estimate of drug-likeness (QED) is 0.405. The first-order chi connectivity index (χ1) is 11.2. The average Bonchev–Trinajstić information content (AvgIpc) is 2.83. The number of rotatable bonds is 4. The van der Waals surface area contributed by atoms with Crippen LogP contribution in [0.15, 0.2) is 40.4 Å². The molecule has 8 heteroatoms. The molecule has 1 aromatic rings. The lowest BCUT2D eigenvalue weighted by Crippen LogP contribution is -2.59. The summed E-state index contributed by atoms with van der Waals surface area (Å²) in [6.07, 6.45) is 0. The Hall–Kier alpha value is 0.430. The number of alkyl halides is 2. The summed E-state index contributed by atoms with van der Waals surface area (Å²) in [6, 6.07) is 9.96. The van der Waals surface area contributed by atoms with Gasteiger partial charge in [0.25, 0.3) is 0 Å². The lowest BCUT2D eigenvalue weighted by Gasteiger charge is -2.41. The zero-order chi connectivity index (χ0) is 17.9. The first-order valence-corrected chi connectivity index (χ1v) is 10.2. The highest BCUT2D eigenvalue weighted by atomic mass is 35.5. The fourth-order valence-corrected chi connectivity index (χ4v) is 10.6. The van der Waals surface area contributed by atoms with Crippen LogP contribution in [0.3, 0.4) is 0 Å². The normalized spacial score (nSPS) is 37.5. The van der Waals surface area contributed by atoms with E-state index in [-0.39, 0.29) is 10.8 Å². The molecule has 3 rings (SSSR count). The van der Waals surface area contributed by atoms with Crippen LogP contribution in [0.4, 0.5) is 0 Å². The van der Waals surface area contributed by atoms with Gasteiger partial charge >= 0.3 is 0 Å². The minimum Gasteiger partial charge on any atom is -0.349 e. The van der Waals surface area contributed by atoms with Crippen LogP contribution in [0.25, 0.3) is 0 Å². The molecule has 4 unspecified atom stereocenters. The van der Waals surface area contributed by atoms with Crippen molar-refractivity contribution in [2.24, 2.45) is 0 Å². The molecule has 0 N–H and O–H groups in total. The van der Waals surface area contributed by atoms with Crippen molar-refractivity contribution in [1.29, 1.82) is 0 Å². The standard InChI is InChI=1S/C16H18Cl4NO2P/c1-21(2)13-14(19)11(17)12(18)15(20,16(14,22-3)23-4)24(13)10-8-6-5-7-9-10/h5-9,13H,1-4H3. The molecule has 1 aliphatic heterocycles. The Labute approximate surface area is 163 Å². The fraction of sp³-hybridized carbons (Fsp3) is 0.500. The molecule has 2 aliphatic rings. The highest BCUT2D eigenvalue weighted by Gasteiger charge is 2.85. The highest BCUT2D eigenvalue weighted by Crippen LogP contribution is 2.83. The van der Waals surface area contributed by atoms with E-state index < -0.39 is 23.2 Å². The van der Waals surface area contributed by atoms with Gasteiger partial charge in [0.15, 0.2) is 9.49 Å². The number of methoxy groups -OCH3 is 2. The third-order valence-corrected chi connectivity index (χ3v) is 11.3. The molecule has 0 radical (unpaired) electrons. The molecule has 0 aromatic heterocycles. The topological polar surface area (TPSA) is 21.7 Å². The van der Waals surface area contributed by atoms with E-state index in [2.05, 4.69) is 0 Å². The summed E-state index contributed by atoms with van der Waals surface area (Å²) in [5.41, 5.74) is 0. The summed E-state index contributed by atoms with van der Waals surface area (Å²) in [6.45, 7) is 0. The van der Waals surface area contributed by atoms with Crippen molar-refractivity contribution in [3.05, 3.63) is 40.4 Å². The van der Waals surface area contributed by atoms with Crippen molar-refractivity contribution in [3.8, 4) is 0 Å². The van der Waals surface area contributed by atoms with Crippen molar-refractivity contribution in [1.82, 2.24) is 4.90 Å². The maximum atomic E-state index is 7.19. The van der Waals surface area contributed by atoms with Crippen molar-refractivity contribution >= 4 is 59.6 Å². The minimum atomic E-state index is -1.37. The second kappa shape index (κ2) is 6.25. The van der Waals surface area contributed by atoms with E-state index in [1.165, 1.54) is 14.2 Å². The maximum Gasteiger partial charge on any atom is 0.223 e. The van der Waals surface area contributed by atoms with Crippen molar-refractivity contribution in [3.63, 3.8) is 0 Å². The minimum absolute atomic E-state index is 0.219. The average molecular weight is 429 g/mol. The number of fused-ring (bicyclic) bond motifs is 2. The third-order valence-electron chi connectivity index (χ3n) is 4.75. The number of hydrogen-bond donors (Lipinski definition) is 0. The second-order valence-electron chi connectivity index (χ2n) is 6.03. The van der Waals surface area contributed by atoms with Gasteiger partial charge in [-0.15, -0.1) is 23.2 Å². The second-order valence-corrected chi connectivity index (χ2v) is 10.6. The molecular formula is C16H18Cl4NO2P. The Morgan fingerprint density at radius 2 is 1.54 bits per heavy atom. The van der Waals surface area contributed by atoms with Gasteiger partial charge in [0.2, 0.25) is 5.79 Å². The summed E-state index contributed by atoms with van der Waals surface area (Å²) in [5, 5.41) is 1.65. The smallest absolute Gasteiger partial charge is 0.223 e. The van der Waals surface area contributed by atoms with Gasteiger partial charge in [-0.2, -0.15) is 0 Å². The Morgan fingerprint density at radius 1 is 1.00 bits per heavy atom. The van der Waals surface area contributed by atoms with E-state index in [4.69, 9.17) is 55.9 Å². The molecule has 1 aromatic carbocycles. The molecular weight excluding hydrogens is 411 g/mol. The van der Waals surface area contributed by atoms with Crippen LogP contribution >= 0.6 is 54.3 Å². The summed E-state index contributed by atoms with van der Waals surface area (Å²) in [4.78, 5) is 0.816. The molecule has 0 amide bonds. The Bertz CT molecular complexity index is 682. The Kier molecular flexibility index (Phi) is 5.00. The van der Waals surface area contributed by atoms with Gasteiger partial charge in [0.1, 0.15) is 0 Å². The number of ether oxygens (including phenoxy) is 2. The first kappa shape index (κ1) is 19.2. The van der Waals surface area contributed by atoms with Gasteiger partial charge in [-0.1, -0.05) is 53.5 Å². The molecule has 3 nitrogen and oxygen atoms in total. The summed E-state index contributed by atoms with van der Waals surface area (Å²) >= 11 is 27.5. The Morgan fingerprint density at radius 3 is 2.00 bits per heavy atom. The molecule has 4 atom stereocenters. The van der Waals surface area contributed by atoms with Gasteiger partial charge in [-0.25, -0.2) is 0 Å². The predicted molar refractivity (Wildman–Crippen MR) is 103 cm³/mol. The number of benzene rings is 1. The number of nitrogens with zero attached hydrogens (tertiary/aromatic N) is 1. The maximum absolute atomic E-state index is 7.19. The molecule has 1 saturated heterocycles. The van der Waals surface area contributed by atoms with Crippen LogP contribution in [0, 0.1) is 0 Å². The molecule has 1 aliphatic carbocycles. The molecule has 0 spiro atoms. The van der Waals surface area contributed by atoms with E-state index >= 15 is 0 Å². The highest BCUT2D eigenvalue weighted by molar-refractivity contribution is 7.71. The van der Waals surface area contributed by atoms with Crippen LogP contribution in [-0.4, -0.2) is 54.3 Å². The molecule has 132 valence electrons. The van der Waals surface area contributed by atoms with Crippen LogP contribution < -0.4 is 5.30 Å². The van der Waals surface area contributed by atoms with E-state index in [0.717, 1.165) is 5.30 Å². The lowest BCUT2D eigenvalue weighted by atomic mass is 10.00. The number of halogens is 4. The zero-order valence-corrected chi connectivity index (χ0v) is 17.6. The van der Waals surface area contributed by atoms with E-state index in [0.29, 0.717) is 5.03 Å². The largest absolute Gasteiger partial charge is 0.349 e.